The fraction of sp³-hybridized carbons (Fsp3) is 0.333. The van der Waals surface area contributed by atoms with E-state index < -0.39 is 0 Å². The normalized spacial score (nSPS) is 10.6. The van der Waals surface area contributed by atoms with Crippen LogP contribution in [-0.2, 0) is 5.75 Å². The highest BCUT2D eigenvalue weighted by molar-refractivity contribution is 7.98. The third kappa shape index (κ3) is 4.61. The molecule has 0 saturated heterocycles. The largest absolute Gasteiger partial charge is 0.396 e. The van der Waals surface area contributed by atoms with Gasteiger partial charge in [-0.25, -0.2) is 0 Å². The molecule has 2 N–H and O–H groups in total. The molecule has 1 aromatic carbocycles. The highest BCUT2D eigenvalue weighted by Crippen LogP contribution is 2.26. The molecule has 0 radical (unpaired) electrons. The van der Waals surface area contributed by atoms with Crippen LogP contribution in [0.2, 0.25) is 0 Å². The Bertz CT molecular complexity index is 598. The topological polar surface area (TPSA) is 75.4 Å². The van der Waals surface area contributed by atoms with Gasteiger partial charge in [-0.15, -0.1) is 11.8 Å². The van der Waals surface area contributed by atoms with Crippen molar-refractivity contribution in [2.75, 3.05) is 13.2 Å². The van der Waals surface area contributed by atoms with Gasteiger partial charge in [0, 0.05) is 24.1 Å². The number of rotatable bonds is 7. The molecule has 1 heterocycles. The monoisotopic (exact) mass is 306 g/mol. The molecule has 5 nitrogen and oxygen atoms in total. The Labute approximate surface area is 127 Å². The number of amides is 1. The minimum atomic E-state index is -0.125. The van der Waals surface area contributed by atoms with E-state index in [1.165, 1.54) is 11.8 Å². The number of aliphatic hydroxyl groups excluding tert-OH is 1. The fourth-order valence-electron chi connectivity index (χ4n) is 1.79. The molecule has 0 aliphatic heterocycles. The van der Waals surface area contributed by atoms with Gasteiger partial charge in [0.15, 0.2) is 0 Å². The lowest BCUT2D eigenvalue weighted by molar-refractivity contribution is 0.0948. The first-order valence-corrected chi connectivity index (χ1v) is 7.72. The molecule has 6 heteroatoms. The van der Waals surface area contributed by atoms with Crippen molar-refractivity contribution in [3.8, 4) is 0 Å². The number of carbonyl (C=O) groups is 1. The van der Waals surface area contributed by atoms with E-state index in [1.807, 2.05) is 31.2 Å². The first kappa shape index (κ1) is 15.6. The van der Waals surface area contributed by atoms with Gasteiger partial charge in [0.05, 0.1) is 17.0 Å². The van der Waals surface area contributed by atoms with Gasteiger partial charge in [-0.3, -0.25) is 4.79 Å². The van der Waals surface area contributed by atoms with Crippen molar-refractivity contribution >= 4 is 17.7 Å². The van der Waals surface area contributed by atoms with Crippen LogP contribution in [0.1, 0.15) is 28.2 Å². The number of aliphatic hydroxyl groups is 1. The molecule has 0 spiro atoms. The van der Waals surface area contributed by atoms with Gasteiger partial charge in [0.1, 0.15) is 5.76 Å². The summed E-state index contributed by atoms with van der Waals surface area (Å²) in [6, 6.07) is 9.33. The number of thioether (sulfide) groups is 1. The van der Waals surface area contributed by atoms with E-state index in [2.05, 4.69) is 10.5 Å². The van der Waals surface area contributed by atoms with Crippen LogP contribution in [0.5, 0.6) is 0 Å². The molecular formula is C15H18N2O3S. The maximum Gasteiger partial charge on any atom is 0.252 e. The molecule has 0 aliphatic rings. The van der Waals surface area contributed by atoms with Gasteiger partial charge in [0.2, 0.25) is 0 Å². The van der Waals surface area contributed by atoms with Crippen LogP contribution in [0.15, 0.2) is 39.8 Å². The quantitative estimate of drug-likeness (QED) is 0.607. The highest BCUT2D eigenvalue weighted by Gasteiger charge is 2.11. The van der Waals surface area contributed by atoms with Gasteiger partial charge in [-0.1, -0.05) is 17.3 Å². The molecule has 0 aliphatic carbocycles. The van der Waals surface area contributed by atoms with Crippen LogP contribution >= 0.6 is 11.8 Å². The zero-order chi connectivity index (χ0) is 15.1. The molecule has 0 atom stereocenters. The van der Waals surface area contributed by atoms with Gasteiger partial charge in [-0.05, 0) is 25.5 Å². The molecule has 0 bridgehead atoms. The van der Waals surface area contributed by atoms with Crippen LogP contribution in [0, 0.1) is 6.92 Å². The second-order valence-corrected chi connectivity index (χ2v) is 5.57. The molecule has 1 aromatic heterocycles. The smallest absolute Gasteiger partial charge is 0.252 e. The number of hydrogen-bond acceptors (Lipinski definition) is 5. The zero-order valence-corrected chi connectivity index (χ0v) is 12.7. The molecule has 2 rings (SSSR count). The van der Waals surface area contributed by atoms with Crippen LogP contribution < -0.4 is 5.32 Å². The van der Waals surface area contributed by atoms with Crippen molar-refractivity contribution in [1.82, 2.24) is 10.5 Å². The van der Waals surface area contributed by atoms with Crippen LogP contribution in [0.4, 0.5) is 0 Å². The minimum Gasteiger partial charge on any atom is -0.396 e. The van der Waals surface area contributed by atoms with Gasteiger partial charge < -0.3 is 14.9 Å². The third-order valence-electron chi connectivity index (χ3n) is 2.80. The first-order chi connectivity index (χ1) is 10.2. The summed E-state index contributed by atoms with van der Waals surface area (Å²) in [6.07, 6.45) is 0.554. The van der Waals surface area contributed by atoms with Crippen molar-refractivity contribution in [2.24, 2.45) is 0 Å². The van der Waals surface area contributed by atoms with Crippen LogP contribution in [0.25, 0.3) is 0 Å². The standard InChI is InChI=1S/C15H18N2O3S/c1-11-9-12(20-17-11)10-21-14-6-3-2-5-13(14)15(19)16-7-4-8-18/h2-3,5-6,9,18H,4,7-8,10H2,1H3,(H,16,19). The average molecular weight is 306 g/mol. The molecule has 0 saturated carbocycles. The van der Waals surface area contributed by atoms with Crippen molar-refractivity contribution in [3.63, 3.8) is 0 Å². The lowest BCUT2D eigenvalue weighted by Crippen LogP contribution is -2.25. The van der Waals surface area contributed by atoms with Gasteiger partial charge >= 0.3 is 0 Å². The van der Waals surface area contributed by atoms with E-state index in [-0.39, 0.29) is 12.5 Å². The van der Waals surface area contributed by atoms with E-state index in [0.29, 0.717) is 24.3 Å². The number of benzene rings is 1. The number of aryl methyl sites for hydroxylation is 1. The molecule has 0 fully saturated rings. The maximum absolute atomic E-state index is 12.1. The minimum absolute atomic E-state index is 0.0710. The predicted molar refractivity (Wildman–Crippen MR) is 81.3 cm³/mol. The lowest BCUT2D eigenvalue weighted by Gasteiger charge is -2.08. The van der Waals surface area contributed by atoms with Crippen molar-refractivity contribution in [3.05, 3.63) is 47.3 Å². The second-order valence-electron chi connectivity index (χ2n) is 4.55. The summed E-state index contributed by atoms with van der Waals surface area (Å²) < 4.78 is 5.17. The molecular weight excluding hydrogens is 288 g/mol. The SMILES string of the molecule is Cc1cc(CSc2ccccc2C(=O)NCCCO)on1. The third-order valence-corrected chi connectivity index (χ3v) is 3.89. The number of aromatic nitrogens is 1. The number of nitrogens with one attached hydrogen (secondary N) is 1. The summed E-state index contributed by atoms with van der Waals surface area (Å²) in [5.41, 5.74) is 1.48. The van der Waals surface area contributed by atoms with Crippen molar-refractivity contribution in [2.45, 2.75) is 24.0 Å². The molecule has 2 aromatic rings. The Morgan fingerprint density at radius 3 is 2.95 bits per heavy atom. The Morgan fingerprint density at radius 1 is 1.43 bits per heavy atom. The summed E-state index contributed by atoms with van der Waals surface area (Å²) in [5.74, 6) is 1.29. The van der Waals surface area contributed by atoms with Crippen molar-refractivity contribution in [1.29, 1.82) is 0 Å². The first-order valence-electron chi connectivity index (χ1n) is 6.74. The Hall–Kier alpha value is -1.79. The number of nitrogens with zero attached hydrogens (tertiary/aromatic N) is 1. The Morgan fingerprint density at radius 2 is 2.24 bits per heavy atom. The number of carbonyl (C=O) groups excluding carboxylic acids is 1. The lowest BCUT2D eigenvalue weighted by atomic mass is 10.2. The second kappa shape index (κ2) is 7.85. The fourth-order valence-corrected chi connectivity index (χ4v) is 2.71. The maximum atomic E-state index is 12.1. The molecule has 112 valence electrons. The Kier molecular flexibility index (Phi) is 5.83. The van der Waals surface area contributed by atoms with E-state index in [4.69, 9.17) is 9.63 Å². The Balaban J connectivity index is 2.00. The van der Waals surface area contributed by atoms with Crippen LogP contribution in [-0.4, -0.2) is 29.3 Å². The van der Waals surface area contributed by atoms with Gasteiger partial charge in [-0.2, -0.15) is 0 Å². The zero-order valence-electron chi connectivity index (χ0n) is 11.8. The summed E-state index contributed by atoms with van der Waals surface area (Å²) in [5, 5.41) is 15.4. The molecule has 21 heavy (non-hydrogen) atoms. The van der Waals surface area contributed by atoms with Crippen molar-refractivity contribution < 1.29 is 14.4 Å². The van der Waals surface area contributed by atoms with Crippen LogP contribution in [0.3, 0.4) is 0 Å². The summed E-state index contributed by atoms with van der Waals surface area (Å²) in [4.78, 5) is 13.0. The van der Waals surface area contributed by atoms with E-state index >= 15 is 0 Å². The van der Waals surface area contributed by atoms with E-state index in [9.17, 15) is 4.79 Å². The predicted octanol–water partition coefficient (Wildman–Crippen LogP) is 2.39. The average Bonchev–Trinajstić information content (AvgIpc) is 2.91. The summed E-state index contributed by atoms with van der Waals surface area (Å²) in [6.45, 7) is 2.41. The van der Waals surface area contributed by atoms with Gasteiger partial charge in [0.25, 0.3) is 5.91 Å². The molecule has 0 unspecified atom stereocenters. The van der Waals surface area contributed by atoms with E-state index in [0.717, 1.165) is 16.3 Å². The van der Waals surface area contributed by atoms with E-state index in [1.54, 1.807) is 6.07 Å². The molecule has 1 amide bonds. The number of hydrogen-bond donors (Lipinski definition) is 2. The summed E-state index contributed by atoms with van der Waals surface area (Å²) >= 11 is 1.54. The highest BCUT2D eigenvalue weighted by atomic mass is 32.2. The summed E-state index contributed by atoms with van der Waals surface area (Å²) in [7, 11) is 0.